The summed E-state index contributed by atoms with van der Waals surface area (Å²) in [7, 11) is 0. The Labute approximate surface area is 185 Å². The molecule has 2 aromatic carbocycles. The summed E-state index contributed by atoms with van der Waals surface area (Å²) in [6.45, 7) is 17.0. The molecular weight excluding hydrogens is 360 g/mol. The third kappa shape index (κ3) is 12.1. The average molecular weight is 401 g/mol. The molecule has 0 spiro atoms. The first-order valence-electron chi connectivity index (χ1n) is 10.9. The van der Waals surface area contributed by atoms with E-state index >= 15 is 0 Å². The molecule has 0 atom stereocenters. The Morgan fingerprint density at radius 1 is 0.533 bits per heavy atom. The largest absolute Gasteiger partial charge is 0.0775 e. The van der Waals surface area contributed by atoms with Crippen molar-refractivity contribution in [3.8, 4) is 0 Å². The standard InChI is InChI=1S/2C8H10.2C7H10/c1-7-3-5-8(2)6-4-7;1-7-4-3-5-8(2)6-7;2*1-6-3-4-7(2)5-6/h2*3-6H,1-2H3;3,5H,4H2,1-2H3;3-4H,5H2,1-2H3. The minimum Gasteiger partial charge on any atom is -0.0775 e. The Balaban J connectivity index is 0.000000200. The first kappa shape index (κ1) is 25.4. The van der Waals surface area contributed by atoms with Gasteiger partial charge in [0.2, 0.25) is 0 Å². The third-order valence-corrected chi connectivity index (χ3v) is 4.82. The van der Waals surface area contributed by atoms with Gasteiger partial charge in [0.1, 0.15) is 0 Å². The first-order valence-corrected chi connectivity index (χ1v) is 10.9. The van der Waals surface area contributed by atoms with Gasteiger partial charge in [-0.1, -0.05) is 117 Å². The molecule has 2 aromatic rings. The molecule has 0 unspecified atom stereocenters. The van der Waals surface area contributed by atoms with Crippen LogP contribution in [0.3, 0.4) is 0 Å². The number of benzene rings is 2. The third-order valence-electron chi connectivity index (χ3n) is 4.82. The summed E-state index contributed by atoms with van der Waals surface area (Å²) in [6, 6.07) is 16.9. The Morgan fingerprint density at radius 2 is 1.00 bits per heavy atom. The van der Waals surface area contributed by atoms with E-state index in [0.717, 1.165) is 0 Å². The molecular formula is C30H40. The molecule has 0 heterocycles. The van der Waals surface area contributed by atoms with Crippen molar-refractivity contribution in [2.45, 2.75) is 68.2 Å². The van der Waals surface area contributed by atoms with Crippen LogP contribution in [0, 0.1) is 27.7 Å². The van der Waals surface area contributed by atoms with E-state index in [1.807, 2.05) is 0 Å². The van der Waals surface area contributed by atoms with Crippen LogP contribution in [0.2, 0.25) is 0 Å². The van der Waals surface area contributed by atoms with Crippen molar-refractivity contribution in [1.29, 1.82) is 0 Å². The maximum absolute atomic E-state index is 2.25. The topological polar surface area (TPSA) is 0 Å². The molecule has 0 nitrogen and oxygen atoms in total. The van der Waals surface area contributed by atoms with E-state index < -0.39 is 0 Å². The average Bonchev–Trinajstić information content (AvgIpc) is 3.25. The second-order valence-corrected chi connectivity index (χ2v) is 8.66. The van der Waals surface area contributed by atoms with Crippen molar-refractivity contribution < 1.29 is 0 Å². The van der Waals surface area contributed by atoms with Crippen molar-refractivity contribution in [3.63, 3.8) is 0 Å². The smallest absolute Gasteiger partial charge is 0.0108 e. The van der Waals surface area contributed by atoms with Crippen molar-refractivity contribution in [3.05, 3.63) is 117 Å². The highest BCUT2D eigenvalue weighted by molar-refractivity contribution is 5.29. The molecule has 2 aliphatic rings. The molecule has 0 aliphatic heterocycles. The summed E-state index contributed by atoms with van der Waals surface area (Å²) in [6.07, 6.45) is 11.2. The lowest BCUT2D eigenvalue weighted by Crippen LogP contribution is -1.71. The lowest BCUT2D eigenvalue weighted by molar-refractivity contribution is 1.15. The lowest BCUT2D eigenvalue weighted by Gasteiger charge is -1.90. The second-order valence-electron chi connectivity index (χ2n) is 8.66. The fraction of sp³-hybridized carbons (Fsp3) is 0.333. The van der Waals surface area contributed by atoms with E-state index in [0.29, 0.717) is 0 Å². The summed E-state index contributed by atoms with van der Waals surface area (Å²) in [5, 5.41) is 0. The minimum absolute atomic E-state index is 1.17. The summed E-state index contributed by atoms with van der Waals surface area (Å²) >= 11 is 0. The van der Waals surface area contributed by atoms with Gasteiger partial charge in [-0.3, -0.25) is 0 Å². The predicted octanol–water partition coefficient (Wildman–Crippen LogP) is 9.17. The highest BCUT2D eigenvalue weighted by atomic mass is 14.0. The van der Waals surface area contributed by atoms with Crippen LogP contribution in [0.15, 0.2) is 95.1 Å². The van der Waals surface area contributed by atoms with Crippen molar-refractivity contribution in [1.82, 2.24) is 0 Å². The van der Waals surface area contributed by atoms with Gasteiger partial charge in [0.05, 0.1) is 0 Å². The maximum atomic E-state index is 2.25. The summed E-state index contributed by atoms with van der Waals surface area (Å²) in [5.74, 6) is 0. The number of hydrogen-bond acceptors (Lipinski definition) is 0. The van der Waals surface area contributed by atoms with Gasteiger partial charge in [0.15, 0.2) is 0 Å². The molecule has 0 fully saturated rings. The summed E-state index contributed by atoms with van der Waals surface area (Å²) in [5.41, 5.74) is 11.2. The molecule has 0 radical (unpaired) electrons. The second kappa shape index (κ2) is 13.6. The van der Waals surface area contributed by atoms with Crippen LogP contribution in [0.1, 0.15) is 62.8 Å². The van der Waals surface area contributed by atoms with Gasteiger partial charge in [0, 0.05) is 0 Å². The monoisotopic (exact) mass is 400 g/mol. The van der Waals surface area contributed by atoms with E-state index in [2.05, 4.69) is 128 Å². The quantitative estimate of drug-likeness (QED) is 0.413. The van der Waals surface area contributed by atoms with E-state index in [9.17, 15) is 0 Å². The number of rotatable bonds is 0. The fourth-order valence-electron chi connectivity index (χ4n) is 3.11. The van der Waals surface area contributed by atoms with Gasteiger partial charge < -0.3 is 0 Å². The normalized spacial score (nSPS) is 13.9. The Bertz CT molecular complexity index is 845. The van der Waals surface area contributed by atoms with Crippen LogP contribution < -0.4 is 0 Å². The number of allylic oxidation sites excluding steroid dienone is 8. The Morgan fingerprint density at radius 3 is 1.20 bits per heavy atom. The highest BCUT2D eigenvalue weighted by Gasteiger charge is 1.96. The van der Waals surface area contributed by atoms with Crippen molar-refractivity contribution in [2.24, 2.45) is 0 Å². The van der Waals surface area contributed by atoms with E-state index in [1.54, 1.807) is 0 Å². The van der Waals surface area contributed by atoms with E-state index in [1.165, 1.54) is 57.4 Å². The molecule has 0 N–H and O–H groups in total. The molecule has 0 saturated carbocycles. The number of hydrogen-bond donors (Lipinski definition) is 0. The molecule has 30 heavy (non-hydrogen) atoms. The van der Waals surface area contributed by atoms with Crippen molar-refractivity contribution >= 4 is 0 Å². The van der Waals surface area contributed by atoms with Gasteiger partial charge in [-0.05, 0) is 68.2 Å². The lowest BCUT2D eigenvalue weighted by atomic mass is 10.2. The van der Waals surface area contributed by atoms with Gasteiger partial charge in [-0.15, -0.1) is 0 Å². The molecule has 4 rings (SSSR count). The zero-order valence-corrected chi connectivity index (χ0v) is 20.3. The molecule has 2 aliphatic carbocycles. The Kier molecular flexibility index (Phi) is 11.5. The number of aryl methyl sites for hydroxylation is 4. The summed E-state index contributed by atoms with van der Waals surface area (Å²) in [4.78, 5) is 0. The molecule has 0 aromatic heterocycles. The van der Waals surface area contributed by atoms with Crippen LogP contribution in [0.25, 0.3) is 0 Å². The molecule has 0 heteroatoms. The zero-order valence-electron chi connectivity index (χ0n) is 20.3. The molecule has 0 saturated heterocycles. The highest BCUT2D eigenvalue weighted by Crippen LogP contribution is 2.16. The van der Waals surface area contributed by atoms with Gasteiger partial charge in [-0.25, -0.2) is 0 Å². The Hall–Kier alpha value is -2.60. The SMILES string of the molecule is CC1=CC=C(C)C1.CC1=CCC(C)=C1.Cc1ccc(C)cc1.Cc1cccc(C)c1. The maximum Gasteiger partial charge on any atom is -0.0108 e. The van der Waals surface area contributed by atoms with Gasteiger partial charge >= 0.3 is 0 Å². The van der Waals surface area contributed by atoms with Crippen LogP contribution in [0.5, 0.6) is 0 Å². The zero-order chi connectivity index (χ0) is 22.5. The minimum atomic E-state index is 1.17. The summed E-state index contributed by atoms with van der Waals surface area (Å²) < 4.78 is 0. The van der Waals surface area contributed by atoms with E-state index in [-0.39, 0.29) is 0 Å². The first-order chi connectivity index (χ1) is 14.2. The predicted molar refractivity (Wildman–Crippen MR) is 136 cm³/mol. The van der Waals surface area contributed by atoms with Crippen LogP contribution >= 0.6 is 0 Å². The van der Waals surface area contributed by atoms with Gasteiger partial charge in [-0.2, -0.15) is 0 Å². The van der Waals surface area contributed by atoms with Crippen LogP contribution in [-0.4, -0.2) is 0 Å². The van der Waals surface area contributed by atoms with Crippen LogP contribution in [-0.2, 0) is 0 Å². The van der Waals surface area contributed by atoms with Crippen molar-refractivity contribution in [2.75, 3.05) is 0 Å². The fourth-order valence-corrected chi connectivity index (χ4v) is 3.11. The van der Waals surface area contributed by atoms with Crippen LogP contribution in [0.4, 0.5) is 0 Å². The molecule has 0 amide bonds. The van der Waals surface area contributed by atoms with E-state index in [4.69, 9.17) is 0 Å². The van der Waals surface area contributed by atoms with Gasteiger partial charge in [0.25, 0.3) is 0 Å². The molecule has 160 valence electrons. The molecule has 0 bridgehead atoms.